The lowest BCUT2D eigenvalue weighted by Crippen LogP contribution is -2.21. The normalized spacial score (nSPS) is 12.7. The third kappa shape index (κ3) is 2.41. The minimum atomic E-state index is -0.930. The Bertz CT molecular complexity index is 916. The van der Waals surface area contributed by atoms with E-state index in [1.807, 2.05) is 0 Å². The first-order chi connectivity index (χ1) is 11.4. The number of rotatable bonds is 2. The smallest absolute Gasteiger partial charge is 0.347 e. The van der Waals surface area contributed by atoms with Gasteiger partial charge >= 0.3 is 5.97 Å². The van der Waals surface area contributed by atoms with Crippen molar-refractivity contribution < 1.29 is 19.6 Å². The number of ether oxygens (including phenoxy) is 1. The summed E-state index contributed by atoms with van der Waals surface area (Å²) in [6, 6.07) is 4.42. The fraction of sp³-hybridized carbons (Fsp3) is 0.250. The fourth-order valence-electron chi connectivity index (χ4n) is 2.98. The van der Waals surface area contributed by atoms with Gasteiger partial charge in [-0.3, -0.25) is 14.9 Å². The molecule has 2 N–H and O–H groups in total. The molecule has 0 atom stereocenters. The lowest BCUT2D eigenvalue weighted by Gasteiger charge is -2.12. The summed E-state index contributed by atoms with van der Waals surface area (Å²) in [6.07, 6.45) is 1.72. The molecule has 0 spiro atoms. The number of nitro benzene ring substituents is 1. The highest BCUT2D eigenvalue weighted by molar-refractivity contribution is 5.93. The molecule has 0 bridgehead atoms. The van der Waals surface area contributed by atoms with Crippen molar-refractivity contribution in [1.82, 2.24) is 4.98 Å². The number of hydrogen-bond donors (Lipinski definition) is 2. The Kier molecular flexibility index (Phi) is 3.80. The number of nitrogens with one attached hydrogen (secondary N) is 1. The summed E-state index contributed by atoms with van der Waals surface area (Å²) >= 11 is 0. The van der Waals surface area contributed by atoms with Crippen LogP contribution in [0.25, 0.3) is 11.3 Å². The van der Waals surface area contributed by atoms with Gasteiger partial charge in [0, 0.05) is 23.3 Å². The van der Waals surface area contributed by atoms with Crippen LogP contribution in [0.2, 0.25) is 0 Å². The molecule has 8 heteroatoms. The van der Waals surface area contributed by atoms with Gasteiger partial charge in [0.25, 0.3) is 11.2 Å². The maximum atomic E-state index is 12.2. The Hall–Kier alpha value is -3.16. The van der Waals surface area contributed by atoms with Gasteiger partial charge in [0.2, 0.25) is 0 Å². The van der Waals surface area contributed by atoms with Gasteiger partial charge in [-0.25, -0.2) is 4.79 Å². The second kappa shape index (κ2) is 5.80. The predicted octanol–water partition coefficient (Wildman–Crippen LogP) is 1.93. The highest BCUT2D eigenvalue weighted by atomic mass is 16.6. The van der Waals surface area contributed by atoms with E-state index in [0.717, 1.165) is 12.7 Å². The third-order valence-electron chi connectivity index (χ3n) is 4.13. The van der Waals surface area contributed by atoms with Gasteiger partial charge in [-0.2, -0.15) is 0 Å². The molecule has 1 aromatic carbocycles. The first-order valence-electron chi connectivity index (χ1n) is 7.28. The van der Waals surface area contributed by atoms with E-state index < -0.39 is 27.8 Å². The Balaban J connectivity index is 2.31. The van der Waals surface area contributed by atoms with E-state index in [2.05, 4.69) is 9.72 Å². The van der Waals surface area contributed by atoms with E-state index in [0.29, 0.717) is 36.1 Å². The molecule has 0 fully saturated rings. The zero-order valence-corrected chi connectivity index (χ0v) is 12.8. The lowest BCUT2D eigenvalue weighted by molar-refractivity contribution is -0.384. The van der Waals surface area contributed by atoms with Crippen molar-refractivity contribution in [3.8, 4) is 17.0 Å². The topological polar surface area (TPSA) is 123 Å². The van der Waals surface area contributed by atoms with Crippen molar-refractivity contribution in [1.29, 1.82) is 0 Å². The van der Waals surface area contributed by atoms with Crippen molar-refractivity contribution in [2.24, 2.45) is 0 Å². The molecule has 124 valence electrons. The summed E-state index contributed by atoms with van der Waals surface area (Å²) in [5.74, 6) is -1.36. The van der Waals surface area contributed by atoms with Crippen LogP contribution in [0.5, 0.6) is 5.75 Å². The third-order valence-corrected chi connectivity index (χ3v) is 4.13. The summed E-state index contributed by atoms with van der Waals surface area (Å²) in [5, 5.41) is 21.4. The Morgan fingerprint density at radius 2 is 2.12 bits per heavy atom. The lowest BCUT2D eigenvalue weighted by atomic mass is 9.99. The number of nitrogens with zero attached hydrogens (tertiary/aromatic N) is 1. The van der Waals surface area contributed by atoms with Crippen molar-refractivity contribution in [3.63, 3.8) is 0 Å². The average Bonchev–Trinajstić information content (AvgIpc) is 2.73. The highest BCUT2D eigenvalue weighted by Crippen LogP contribution is 2.37. The zero-order chi connectivity index (χ0) is 17.4. The van der Waals surface area contributed by atoms with Crippen molar-refractivity contribution in [3.05, 3.63) is 55.4 Å². The van der Waals surface area contributed by atoms with Crippen molar-refractivity contribution >= 4 is 11.7 Å². The molecule has 0 radical (unpaired) electrons. The van der Waals surface area contributed by atoms with Gasteiger partial charge in [-0.05, 0) is 24.8 Å². The van der Waals surface area contributed by atoms with Gasteiger partial charge in [0.1, 0.15) is 5.75 Å². The molecular weight excluding hydrogens is 316 g/mol. The predicted molar refractivity (Wildman–Crippen MR) is 84.2 cm³/mol. The van der Waals surface area contributed by atoms with Crippen molar-refractivity contribution in [2.75, 3.05) is 7.11 Å². The molecule has 1 aliphatic carbocycles. The molecule has 24 heavy (non-hydrogen) atoms. The number of aromatic nitrogens is 1. The number of aromatic amines is 1. The molecule has 0 unspecified atom stereocenters. The van der Waals surface area contributed by atoms with Gasteiger partial charge in [-0.1, -0.05) is 6.07 Å². The number of aryl methyl sites for hydroxylation is 1. The summed E-state index contributed by atoms with van der Waals surface area (Å²) in [5.41, 5.74) is 0.651. The summed E-state index contributed by atoms with van der Waals surface area (Å²) in [6.45, 7) is 0. The van der Waals surface area contributed by atoms with E-state index in [-0.39, 0.29) is 5.69 Å². The Morgan fingerprint density at radius 3 is 2.79 bits per heavy atom. The number of nitro groups is 1. The highest BCUT2D eigenvalue weighted by Gasteiger charge is 2.26. The number of esters is 1. The molecule has 0 aliphatic heterocycles. The van der Waals surface area contributed by atoms with Crippen LogP contribution in [0.1, 0.15) is 27.9 Å². The van der Waals surface area contributed by atoms with Crippen LogP contribution in [0.3, 0.4) is 0 Å². The number of hydrogen-bond acceptors (Lipinski definition) is 6. The number of carbonyl (C=O) groups excluding carboxylic acids is 1. The molecule has 1 heterocycles. The minimum Gasteiger partial charge on any atom is -0.506 e. The molecule has 2 aromatic rings. The Morgan fingerprint density at radius 1 is 1.38 bits per heavy atom. The quantitative estimate of drug-likeness (QED) is 0.493. The van der Waals surface area contributed by atoms with E-state index in [4.69, 9.17) is 0 Å². The number of carbonyl (C=O) groups is 1. The summed E-state index contributed by atoms with van der Waals surface area (Å²) in [7, 11) is 1.12. The summed E-state index contributed by atoms with van der Waals surface area (Å²) in [4.78, 5) is 37.0. The second-order valence-electron chi connectivity index (χ2n) is 5.47. The van der Waals surface area contributed by atoms with Crippen LogP contribution in [-0.4, -0.2) is 28.1 Å². The van der Waals surface area contributed by atoms with E-state index in [1.165, 1.54) is 12.1 Å². The van der Waals surface area contributed by atoms with Gasteiger partial charge in [0.15, 0.2) is 5.56 Å². The number of methoxy groups -OCH3 is 1. The fourth-order valence-corrected chi connectivity index (χ4v) is 2.98. The molecular formula is C16H14N2O6. The molecule has 1 aromatic heterocycles. The number of non-ortho nitro benzene ring substituents is 1. The van der Waals surface area contributed by atoms with Crippen LogP contribution in [0.4, 0.5) is 5.69 Å². The molecule has 3 rings (SSSR count). The zero-order valence-electron chi connectivity index (χ0n) is 12.8. The van der Waals surface area contributed by atoms with Crippen molar-refractivity contribution in [2.45, 2.75) is 19.3 Å². The van der Waals surface area contributed by atoms with E-state index in [1.54, 1.807) is 6.07 Å². The Labute approximate surface area is 135 Å². The summed E-state index contributed by atoms with van der Waals surface area (Å²) < 4.78 is 4.53. The maximum Gasteiger partial charge on any atom is 0.347 e. The van der Waals surface area contributed by atoms with E-state index >= 15 is 0 Å². The molecule has 0 saturated heterocycles. The number of pyridine rings is 1. The van der Waals surface area contributed by atoms with Crippen LogP contribution in [0.15, 0.2) is 23.0 Å². The second-order valence-corrected chi connectivity index (χ2v) is 5.47. The maximum absolute atomic E-state index is 12.2. The largest absolute Gasteiger partial charge is 0.506 e. The number of H-pyrrole nitrogens is 1. The number of fused-ring (bicyclic) bond motifs is 3. The minimum absolute atomic E-state index is 0.112. The average molecular weight is 330 g/mol. The monoisotopic (exact) mass is 330 g/mol. The van der Waals surface area contributed by atoms with Gasteiger partial charge in [-0.15, -0.1) is 0 Å². The number of benzene rings is 1. The van der Waals surface area contributed by atoms with Crippen LogP contribution < -0.4 is 5.56 Å². The first kappa shape index (κ1) is 15.7. The van der Waals surface area contributed by atoms with Crippen LogP contribution in [-0.2, 0) is 17.6 Å². The van der Waals surface area contributed by atoms with Crippen LogP contribution in [0, 0.1) is 10.1 Å². The molecule has 0 amide bonds. The standard InChI is InChI=1S/C16H14N2O6/c1-24-16(21)12-14(19)10-4-2-3-8-5-6-9(18(22)23)7-11(8)13(10)17-15(12)20/h5-7H,2-4H2,1H3,(H2,17,19,20). The van der Waals surface area contributed by atoms with Gasteiger partial charge in [0.05, 0.1) is 17.7 Å². The van der Waals surface area contributed by atoms with Gasteiger partial charge < -0.3 is 14.8 Å². The van der Waals surface area contributed by atoms with Crippen LogP contribution >= 0.6 is 0 Å². The molecule has 0 saturated carbocycles. The molecule has 8 nitrogen and oxygen atoms in total. The molecule has 1 aliphatic rings. The SMILES string of the molecule is COC(=O)c1c(O)c2c([nH]c1=O)-c1cc([N+](=O)[O-])ccc1CCC2. The van der Waals surface area contributed by atoms with E-state index in [9.17, 15) is 24.8 Å². The number of aromatic hydroxyl groups is 1. The first-order valence-corrected chi connectivity index (χ1v) is 7.28.